The highest BCUT2D eigenvalue weighted by Crippen LogP contribution is 2.10. The van der Waals surface area contributed by atoms with E-state index in [1.54, 1.807) is 6.92 Å². The second kappa shape index (κ2) is 13.8. The number of carboxylic acid groups (broad SMARTS) is 1. The van der Waals surface area contributed by atoms with E-state index in [9.17, 15) is 24.3 Å². The summed E-state index contributed by atoms with van der Waals surface area (Å²) in [6.07, 6.45) is 4.40. The normalized spacial score (nSPS) is 19.9. The molecule has 9 nitrogen and oxygen atoms in total. The number of hydrogen-bond acceptors (Lipinski definition) is 7. The van der Waals surface area contributed by atoms with Crippen LogP contribution in [0.25, 0.3) is 0 Å². The van der Waals surface area contributed by atoms with Crippen LogP contribution >= 0.6 is 24.4 Å². The highest BCUT2D eigenvalue weighted by molar-refractivity contribution is 7.98. The van der Waals surface area contributed by atoms with Crippen molar-refractivity contribution in [3.8, 4) is 0 Å². The molecule has 1 aliphatic rings. The van der Waals surface area contributed by atoms with Gasteiger partial charge in [-0.25, -0.2) is 4.79 Å². The van der Waals surface area contributed by atoms with E-state index in [1.807, 2.05) is 13.2 Å². The Morgan fingerprint density at radius 2 is 1.83 bits per heavy atom. The SMILES string of the molecule is CCC(C)C(NC(=O)C(CCSC)NC(=O)C(CS)NC(=O)C1CCCN1)C(=O)O. The smallest absolute Gasteiger partial charge is 0.326 e. The monoisotopic (exact) mass is 462 g/mol. The maximum Gasteiger partial charge on any atom is 0.326 e. The summed E-state index contributed by atoms with van der Waals surface area (Å²) in [5, 5.41) is 20.4. The van der Waals surface area contributed by atoms with Gasteiger partial charge in [-0.05, 0) is 43.7 Å². The zero-order chi connectivity index (χ0) is 22.7. The van der Waals surface area contributed by atoms with Crippen LogP contribution in [0.3, 0.4) is 0 Å². The summed E-state index contributed by atoms with van der Waals surface area (Å²) in [4.78, 5) is 49.3. The van der Waals surface area contributed by atoms with Crippen molar-refractivity contribution in [2.45, 2.75) is 63.7 Å². The van der Waals surface area contributed by atoms with E-state index in [2.05, 4.69) is 33.9 Å². The predicted molar refractivity (Wildman–Crippen MR) is 121 cm³/mol. The molecular weight excluding hydrogens is 428 g/mol. The fraction of sp³-hybridized carbons (Fsp3) is 0.789. The minimum absolute atomic E-state index is 0.0752. The number of nitrogens with one attached hydrogen (secondary N) is 4. The lowest BCUT2D eigenvalue weighted by atomic mass is 9.98. The van der Waals surface area contributed by atoms with Gasteiger partial charge in [0.15, 0.2) is 0 Å². The van der Waals surface area contributed by atoms with Crippen LogP contribution in [-0.2, 0) is 19.2 Å². The van der Waals surface area contributed by atoms with Gasteiger partial charge in [-0.15, -0.1) is 0 Å². The zero-order valence-electron chi connectivity index (χ0n) is 17.8. The zero-order valence-corrected chi connectivity index (χ0v) is 19.5. The molecule has 1 saturated heterocycles. The van der Waals surface area contributed by atoms with Crippen LogP contribution in [0, 0.1) is 5.92 Å². The van der Waals surface area contributed by atoms with Crippen LogP contribution in [0.5, 0.6) is 0 Å². The van der Waals surface area contributed by atoms with Gasteiger partial charge in [0.1, 0.15) is 18.1 Å². The number of amides is 3. The molecule has 0 aromatic heterocycles. The van der Waals surface area contributed by atoms with Crippen molar-refractivity contribution in [3.05, 3.63) is 0 Å². The minimum Gasteiger partial charge on any atom is -0.480 e. The lowest BCUT2D eigenvalue weighted by molar-refractivity contribution is -0.143. The Bertz CT molecular complexity index is 601. The minimum atomic E-state index is -1.11. The fourth-order valence-corrected chi connectivity index (χ4v) is 3.82. The van der Waals surface area contributed by atoms with E-state index in [4.69, 9.17) is 0 Å². The largest absolute Gasteiger partial charge is 0.480 e. The van der Waals surface area contributed by atoms with E-state index in [0.717, 1.165) is 13.0 Å². The summed E-state index contributed by atoms with van der Waals surface area (Å²) in [5.74, 6) is -2.03. The maximum atomic E-state index is 12.7. The Morgan fingerprint density at radius 3 is 2.33 bits per heavy atom. The third kappa shape index (κ3) is 8.35. The second-order valence-electron chi connectivity index (χ2n) is 7.45. The lowest BCUT2D eigenvalue weighted by Crippen LogP contribution is -2.58. The highest BCUT2D eigenvalue weighted by atomic mass is 32.2. The Morgan fingerprint density at radius 1 is 1.17 bits per heavy atom. The van der Waals surface area contributed by atoms with Gasteiger partial charge < -0.3 is 26.4 Å². The van der Waals surface area contributed by atoms with Gasteiger partial charge in [-0.3, -0.25) is 14.4 Å². The van der Waals surface area contributed by atoms with E-state index in [0.29, 0.717) is 25.0 Å². The van der Waals surface area contributed by atoms with E-state index < -0.39 is 35.9 Å². The highest BCUT2D eigenvalue weighted by Gasteiger charge is 2.32. The quantitative estimate of drug-likeness (QED) is 0.212. The first-order valence-corrected chi connectivity index (χ1v) is 12.2. The van der Waals surface area contributed by atoms with E-state index in [-0.39, 0.29) is 23.6 Å². The van der Waals surface area contributed by atoms with Gasteiger partial charge in [-0.1, -0.05) is 20.3 Å². The van der Waals surface area contributed by atoms with Crippen LogP contribution in [0.4, 0.5) is 0 Å². The molecular formula is C19H34N4O5S2. The first-order valence-electron chi connectivity index (χ1n) is 10.2. The number of carbonyl (C=O) groups is 4. The molecule has 0 aromatic rings. The van der Waals surface area contributed by atoms with Crippen molar-refractivity contribution in [3.63, 3.8) is 0 Å². The molecule has 1 rings (SSSR count). The van der Waals surface area contributed by atoms with Crippen molar-refractivity contribution in [1.82, 2.24) is 21.3 Å². The van der Waals surface area contributed by atoms with Gasteiger partial charge in [0.2, 0.25) is 17.7 Å². The molecule has 5 N–H and O–H groups in total. The third-order valence-corrected chi connectivity index (χ3v) is 6.22. The first kappa shape index (κ1) is 26.6. The lowest BCUT2D eigenvalue weighted by Gasteiger charge is -2.26. The Balaban J connectivity index is 2.80. The molecule has 30 heavy (non-hydrogen) atoms. The molecule has 0 aliphatic carbocycles. The van der Waals surface area contributed by atoms with Crippen molar-refractivity contribution in [1.29, 1.82) is 0 Å². The number of carboxylic acids is 1. The molecule has 0 radical (unpaired) electrons. The standard InChI is InChI=1S/C19H34N4O5S2/c1-4-11(2)15(19(27)28)23-17(25)13(7-9-30-3)21-18(26)14(10-29)22-16(24)12-6-5-8-20-12/h11-15,20,29H,4-10H2,1-3H3,(H,21,26)(H,22,24)(H,23,25)(H,27,28). The molecule has 0 spiro atoms. The van der Waals surface area contributed by atoms with Crippen LogP contribution < -0.4 is 21.3 Å². The fourth-order valence-electron chi connectivity index (χ4n) is 3.09. The molecule has 5 unspecified atom stereocenters. The summed E-state index contributed by atoms with van der Waals surface area (Å²) in [5.41, 5.74) is 0. The molecule has 1 aliphatic heterocycles. The predicted octanol–water partition coefficient (Wildman–Crippen LogP) is 0.00640. The summed E-state index contributed by atoms with van der Waals surface area (Å²) in [6, 6.07) is -3.16. The summed E-state index contributed by atoms with van der Waals surface area (Å²) >= 11 is 5.67. The average molecular weight is 463 g/mol. The molecule has 11 heteroatoms. The molecule has 1 fully saturated rings. The van der Waals surface area contributed by atoms with Gasteiger partial charge in [0, 0.05) is 5.75 Å². The number of hydrogen-bond donors (Lipinski definition) is 6. The number of carbonyl (C=O) groups excluding carboxylic acids is 3. The van der Waals surface area contributed by atoms with Crippen LogP contribution in [-0.4, -0.2) is 77.3 Å². The Labute approximate surface area is 187 Å². The van der Waals surface area contributed by atoms with Crippen molar-refractivity contribution in [2.75, 3.05) is 24.3 Å². The molecule has 0 bridgehead atoms. The summed E-state index contributed by atoms with van der Waals surface area (Å²) in [7, 11) is 0. The molecule has 0 aromatic carbocycles. The molecule has 0 saturated carbocycles. The van der Waals surface area contributed by atoms with Crippen molar-refractivity contribution < 1.29 is 24.3 Å². The van der Waals surface area contributed by atoms with Gasteiger partial charge in [0.05, 0.1) is 6.04 Å². The third-order valence-electron chi connectivity index (χ3n) is 5.21. The topological polar surface area (TPSA) is 137 Å². The Hall–Kier alpha value is -1.46. The Kier molecular flexibility index (Phi) is 12.2. The van der Waals surface area contributed by atoms with Crippen molar-refractivity contribution in [2.24, 2.45) is 5.92 Å². The molecule has 1 heterocycles. The molecule has 5 atom stereocenters. The molecule has 172 valence electrons. The maximum absolute atomic E-state index is 12.7. The van der Waals surface area contributed by atoms with E-state index in [1.165, 1.54) is 11.8 Å². The summed E-state index contributed by atoms with van der Waals surface area (Å²) in [6.45, 7) is 4.35. The summed E-state index contributed by atoms with van der Waals surface area (Å²) < 4.78 is 0. The van der Waals surface area contributed by atoms with Crippen molar-refractivity contribution >= 4 is 48.1 Å². The van der Waals surface area contributed by atoms with E-state index >= 15 is 0 Å². The first-order chi connectivity index (χ1) is 14.2. The van der Waals surface area contributed by atoms with Crippen LogP contribution in [0.15, 0.2) is 0 Å². The van der Waals surface area contributed by atoms with Crippen LogP contribution in [0.1, 0.15) is 39.5 Å². The average Bonchev–Trinajstić information content (AvgIpc) is 3.26. The van der Waals surface area contributed by atoms with Gasteiger partial charge >= 0.3 is 5.97 Å². The van der Waals surface area contributed by atoms with Gasteiger partial charge in [0.25, 0.3) is 0 Å². The number of thiol groups is 1. The number of rotatable bonds is 13. The number of aliphatic carboxylic acids is 1. The second-order valence-corrected chi connectivity index (χ2v) is 8.80. The molecule has 3 amide bonds. The number of thioether (sulfide) groups is 1. The van der Waals surface area contributed by atoms with Crippen LogP contribution in [0.2, 0.25) is 0 Å². The van der Waals surface area contributed by atoms with Gasteiger partial charge in [-0.2, -0.15) is 24.4 Å².